The van der Waals surface area contributed by atoms with Crippen LogP contribution in [0.5, 0.6) is 5.75 Å². The predicted molar refractivity (Wildman–Crippen MR) is 97.5 cm³/mol. The number of carbonyl (C=O) groups is 3. The summed E-state index contributed by atoms with van der Waals surface area (Å²) in [4.78, 5) is 35.5. The van der Waals surface area contributed by atoms with Crippen molar-refractivity contribution in [1.82, 2.24) is 4.57 Å². The van der Waals surface area contributed by atoms with Crippen molar-refractivity contribution in [2.45, 2.75) is 20.1 Å². The van der Waals surface area contributed by atoms with Crippen molar-refractivity contribution < 1.29 is 33.7 Å². The van der Waals surface area contributed by atoms with E-state index in [1.807, 2.05) is 6.92 Å². The first-order valence-electron chi connectivity index (χ1n) is 8.43. The van der Waals surface area contributed by atoms with E-state index in [-0.39, 0.29) is 30.5 Å². The van der Waals surface area contributed by atoms with Gasteiger partial charge in [0.15, 0.2) is 5.76 Å². The fraction of sp³-hybridized carbons (Fsp3) is 0.250. The molecule has 0 saturated carbocycles. The minimum absolute atomic E-state index is 0.00661. The summed E-state index contributed by atoms with van der Waals surface area (Å²) < 4.78 is 17.0. The van der Waals surface area contributed by atoms with Crippen LogP contribution >= 0.6 is 0 Å². The Labute approximate surface area is 160 Å². The third-order valence-electron chi connectivity index (χ3n) is 4.65. The van der Waals surface area contributed by atoms with Crippen LogP contribution in [0.3, 0.4) is 0 Å². The molecule has 0 atom stereocenters. The molecule has 8 heteroatoms. The second kappa shape index (κ2) is 7.59. The Hall–Kier alpha value is -3.55. The number of hydrogen-bond acceptors (Lipinski definition) is 6. The van der Waals surface area contributed by atoms with Gasteiger partial charge in [0.25, 0.3) is 0 Å². The summed E-state index contributed by atoms with van der Waals surface area (Å²) in [7, 11) is 3.08. The molecule has 0 aliphatic heterocycles. The highest BCUT2D eigenvalue weighted by Gasteiger charge is 2.34. The molecule has 0 spiro atoms. The summed E-state index contributed by atoms with van der Waals surface area (Å²) in [5, 5.41) is 8.53. The number of benzene rings is 1. The number of hydrogen-bond donors (Lipinski definition) is 1. The fourth-order valence-corrected chi connectivity index (χ4v) is 3.08. The molecule has 1 heterocycles. The van der Waals surface area contributed by atoms with E-state index in [9.17, 15) is 14.4 Å². The van der Waals surface area contributed by atoms with Crippen molar-refractivity contribution in [3.05, 3.63) is 64.2 Å². The quantitative estimate of drug-likeness (QED) is 0.762. The van der Waals surface area contributed by atoms with Gasteiger partial charge >= 0.3 is 6.16 Å². The van der Waals surface area contributed by atoms with Gasteiger partial charge in [-0.2, -0.15) is 0 Å². The van der Waals surface area contributed by atoms with Crippen LogP contribution in [0, 0.1) is 6.92 Å². The van der Waals surface area contributed by atoms with Gasteiger partial charge in [-0.3, -0.25) is 9.59 Å². The first-order valence-corrected chi connectivity index (χ1v) is 8.43. The maximum absolute atomic E-state index is 12.7. The van der Waals surface area contributed by atoms with Gasteiger partial charge in [0.1, 0.15) is 24.7 Å². The standard InChI is InChI=1S/C20H19NO7/c1-11-14(10-27-13-6-4-12(5-7-13)9-28-20(24)25)17-18(21(11)2)15(22)8-16(26-3)19(17)23/h4-8H,9-10H2,1-3H3,(H,24,25). The zero-order valence-corrected chi connectivity index (χ0v) is 15.6. The van der Waals surface area contributed by atoms with E-state index in [4.69, 9.17) is 14.6 Å². The van der Waals surface area contributed by atoms with Crippen molar-refractivity contribution >= 4 is 17.7 Å². The zero-order valence-electron chi connectivity index (χ0n) is 15.6. The van der Waals surface area contributed by atoms with Crippen LogP contribution in [-0.4, -0.2) is 34.5 Å². The van der Waals surface area contributed by atoms with Gasteiger partial charge in [0.05, 0.1) is 12.7 Å². The molecule has 8 nitrogen and oxygen atoms in total. The highest BCUT2D eigenvalue weighted by molar-refractivity contribution is 6.24. The Morgan fingerprint density at radius 3 is 2.43 bits per heavy atom. The van der Waals surface area contributed by atoms with Crippen molar-refractivity contribution in [3.63, 3.8) is 0 Å². The maximum Gasteiger partial charge on any atom is 0.506 e. The van der Waals surface area contributed by atoms with Crippen molar-refractivity contribution in [2.24, 2.45) is 7.05 Å². The molecule has 0 unspecified atom stereocenters. The topological polar surface area (TPSA) is 104 Å². The number of methoxy groups -OCH3 is 1. The Balaban J connectivity index is 1.81. The molecular weight excluding hydrogens is 366 g/mol. The fourth-order valence-electron chi connectivity index (χ4n) is 3.08. The monoisotopic (exact) mass is 385 g/mol. The summed E-state index contributed by atoms with van der Waals surface area (Å²) in [6, 6.07) is 6.73. The average molecular weight is 385 g/mol. The molecule has 3 rings (SSSR count). The lowest BCUT2D eigenvalue weighted by Crippen LogP contribution is -2.20. The van der Waals surface area contributed by atoms with Crippen molar-refractivity contribution in [3.8, 4) is 5.75 Å². The number of aromatic nitrogens is 1. The molecule has 1 aliphatic carbocycles. The average Bonchev–Trinajstić information content (AvgIpc) is 2.93. The van der Waals surface area contributed by atoms with Gasteiger partial charge in [0, 0.05) is 24.4 Å². The number of allylic oxidation sites excluding steroid dienone is 2. The van der Waals surface area contributed by atoms with E-state index in [0.29, 0.717) is 28.1 Å². The van der Waals surface area contributed by atoms with Crippen LogP contribution < -0.4 is 4.74 Å². The number of ether oxygens (including phenoxy) is 3. The molecule has 28 heavy (non-hydrogen) atoms. The Bertz CT molecular complexity index is 983. The summed E-state index contributed by atoms with van der Waals surface area (Å²) in [6.45, 7) is 1.86. The van der Waals surface area contributed by atoms with Gasteiger partial charge < -0.3 is 23.9 Å². The second-order valence-electron chi connectivity index (χ2n) is 6.24. The third-order valence-corrected chi connectivity index (χ3v) is 4.65. The first kappa shape index (κ1) is 19.2. The molecule has 0 fully saturated rings. The Morgan fingerprint density at radius 2 is 1.82 bits per heavy atom. The smallest absolute Gasteiger partial charge is 0.492 e. The molecule has 0 saturated heterocycles. The van der Waals surface area contributed by atoms with E-state index in [1.165, 1.54) is 13.2 Å². The Morgan fingerprint density at radius 1 is 1.14 bits per heavy atom. The van der Waals surface area contributed by atoms with Crippen LogP contribution in [0.2, 0.25) is 0 Å². The van der Waals surface area contributed by atoms with Gasteiger partial charge in [-0.1, -0.05) is 12.1 Å². The number of Topliss-reactive ketones (excluding diaryl/α,β-unsaturated/α-hetero) is 1. The number of nitrogens with zero attached hydrogens (tertiary/aromatic N) is 1. The lowest BCUT2D eigenvalue weighted by atomic mass is 9.96. The lowest BCUT2D eigenvalue weighted by Gasteiger charge is -2.13. The minimum atomic E-state index is -1.34. The van der Waals surface area contributed by atoms with Crippen LogP contribution in [-0.2, 0) is 29.7 Å². The molecular formula is C20H19NO7. The zero-order chi connectivity index (χ0) is 20.4. The number of ketones is 2. The third kappa shape index (κ3) is 3.48. The van der Waals surface area contributed by atoms with E-state index < -0.39 is 6.16 Å². The summed E-state index contributed by atoms with van der Waals surface area (Å²) >= 11 is 0. The van der Waals surface area contributed by atoms with Gasteiger partial charge in [-0.15, -0.1) is 0 Å². The molecule has 1 aromatic carbocycles. The van der Waals surface area contributed by atoms with E-state index in [1.54, 1.807) is 35.9 Å². The maximum atomic E-state index is 12.7. The molecule has 1 aromatic heterocycles. The van der Waals surface area contributed by atoms with Crippen LogP contribution in [0.15, 0.2) is 36.1 Å². The highest BCUT2D eigenvalue weighted by atomic mass is 16.7. The molecule has 2 aromatic rings. The second-order valence-corrected chi connectivity index (χ2v) is 6.24. The van der Waals surface area contributed by atoms with Crippen molar-refractivity contribution in [1.29, 1.82) is 0 Å². The van der Waals surface area contributed by atoms with Gasteiger partial charge in [-0.05, 0) is 24.6 Å². The van der Waals surface area contributed by atoms with E-state index in [2.05, 4.69) is 4.74 Å². The SMILES string of the molecule is COC1=CC(=O)c2c(c(COc3ccc(COC(=O)O)cc3)c(C)n2C)C1=O. The van der Waals surface area contributed by atoms with Crippen LogP contribution in [0.1, 0.15) is 37.7 Å². The van der Waals surface area contributed by atoms with Gasteiger partial charge in [-0.25, -0.2) is 4.79 Å². The van der Waals surface area contributed by atoms with Crippen LogP contribution in [0.4, 0.5) is 4.79 Å². The molecule has 146 valence electrons. The van der Waals surface area contributed by atoms with Crippen molar-refractivity contribution in [2.75, 3.05) is 7.11 Å². The largest absolute Gasteiger partial charge is 0.506 e. The summed E-state index contributed by atoms with van der Waals surface area (Å²) in [6.07, 6.45) is -0.138. The number of carbonyl (C=O) groups excluding carboxylic acids is 2. The molecule has 0 amide bonds. The molecule has 1 N–H and O–H groups in total. The van der Waals surface area contributed by atoms with Gasteiger partial charge in [0.2, 0.25) is 11.6 Å². The molecule has 0 radical (unpaired) electrons. The molecule has 0 bridgehead atoms. The Kier molecular flexibility index (Phi) is 5.21. The molecule has 1 aliphatic rings. The normalized spacial score (nSPS) is 13.0. The van der Waals surface area contributed by atoms with E-state index >= 15 is 0 Å². The number of rotatable bonds is 6. The predicted octanol–water partition coefficient (Wildman–Crippen LogP) is 3.02. The first-order chi connectivity index (χ1) is 13.3. The van der Waals surface area contributed by atoms with E-state index in [0.717, 1.165) is 5.69 Å². The lowest BCUT2D eigenvalue weighted by molar-refractivity contribution is 0.0853. The minimum Gasteiger partial charge on any atom is -0.492 e. The summed E-state index contributed by atoms with van der Waals surface area (Å²) in [5.41, 5.74) is 2.68. The summed E-state index contributed by atoms with van der Waals surface area (Å²) in [5.74, 6) is -0.0908. The van der Waals surface area contributed by atoms with Crippen LogP contribution in [0.25, 0.3) is 0 Å². The number of fused-ring (bicyclic) bond motifs is 1. The number of carboxylic acid groups (broad SMARTS) is 1. The highest BCUT2D eigenvalue weighted by Crippen LogP contribution is 2.30.